The van der Waals surface area contributed by atoms with Crippen molar-refractivity contribution in [2.45, 2.75) is 32.4 Å². The van der Waals surface area contributed by atoms with E-state index in [1.54, 1.807) is 11.3 Å². The summed E-state index contributed by atoms with van der Waals surface area (Å²) >= 11 is 1.76. The second kappa shape index (κ2) is 3.27. The smallest absolute Gasteiger partial charge is 0.113 e. The first-order valence-electron chi connectivity index (χ1n) is 5.24. The predicted molar refractivity (Wildman–Crippen MR) is 63.8 cm³/mol. The van der Waals surface area contributed by atoms with E-state index in [4.69, 9.17) is 5.73 Å². The van der Waals surface area contributed by atoms with Gasteiger partial charge in [0.05, 0.1) is 5.54 Å². The highest BCUT2D eigenvalue weighted by atomic mass is 32.1. The van der Waals surface area contributed by atoms with Crippen molar-refractivity contribution < 1.29 is 0 Å². The highest BCUT2D eigenvalue weighted by Gasteiger charge is 2.61. The fraction of sp³-hybridized carbons (Fsp3) is 0.727. The van der Waals surface area contributed by atoms with Crippen LogP contribution in [0.1, 0.15) is 30.2 Å². The van der Waals surface area contributed by atoms with E-state index >= 15 is 0 Å². The van der Waals surface area contributed by atoms with Crippen molar-refractivity contribution >= 4 is 11.3 Å². The third-order valence-corrected chi connectivity index (χ3v) is 4.37. The van der Waals surface area contributed by atoms with Crippen molar-refractivity contribution in [3.05, 3.63) is 16.1 Å². The molecule has 1 aliphatic carbocycles. The molecule has 4 heteroatoms. The molecule has 1 heterocycles. The Morgan fingerprint density at radius 3 is 2.60 bits per heavy atom. The molecule has 1 aliphatic rings. The molecule has 15 heavy (non-hydrogen) atoms. The second-order valence-electron chi connectivity index (χ2n) is 5.40. The van der Waals surface area contributed by atoms with Crippen LogP contribution < -0.4 is 5.73 Å². The number of rotatable bonds is 3. The molecule has 0 spiro atoms. The maximum atomic E-state index is 6.32. The summed E-state index contributed by atoms with van der Waals surface area (Å²) in [5, 5.41) is 1.10. The summed E-state index contributed by atoms with van der Waals surface area (Å²) < 4.78 is 0. The van der Waals surface area contributed by atoms with Gasteiger partial charge in [-0.3, -0.25) is 0 Å². The molecular weight excluding hydrogens is 206 g/mol. The van der Waals surface area contributed by atoms with E-state index < -0.39 is 0 Å². The van der Waals surface area contributed by atoms with E-state index in [2.05, 4.69) is 37.8 Å². The molecule has 2 N–H and O–H groups in total. The number of nitrogens with two attached hydrogens (primary N) is 1. The van der Waals surface area contributed by atoms with E-state index in [-0.39, 0.29) is 11.0 Å². The number of aromatic nitrogens is 1. The minimum absolute atomic E-state index is 0.164. The maximum absolute atomic E-state index is 6.32. The average molecular weight is 225 g/mol. The summed E-state index contributed by atoms with van der Waals surface area (Å²) in [6.45, 7) is 5.37. The van der Waals surface area contributed by atoms with E-state index in [0.717, 1.165) is 18.0 Å². The Labute approximate surface area is 95.3 Å². The van der Waals surface area contributed by atoms with Gasteiger partial charge in [0.25, 0.3) is 0 Å². The summed E-state index contributed by atoms with van der Waals surface area (Å²) in [7, 11) is 4.14. The summed E-state index contributed by atoms with van der Waals surface area (Å²) in [4.78, 5) is 7.91. The number of thiazole rings is 1. The molecule has 0 amide bonds. The maximum Gasteiger partial charge on any atom is 0.113 e. The van der Waals surface area contributed by atoms with Gasteiger partial charge in [0.15, 0.2) is 0 Å². The largest absolute Gasteiger partial charge is 0.319 e. The van der Waals surface area contributed by atoms with Crippen molar-refractivity contribution in [2.24, 2.45) is 11.1 Å². The monoisotopic (exact) mass is 225 g/mol. The first-order chi connectivity index (χ1) is 6.85. The molecule has 1 atom stereocenters. The van der Waals surface area contributed by atoms with Crippen LogP contribution in [-0.2, 0) is 12.1 Å². The SMILES string of the molecule is CN(C)Cc1cnc(C2(N)CC2(C)C)s1. The van der Waals surface area contributed by atoms with E-state index in [0.29, 0.717) is 0 Å². The Morgan fingerprint density at radius 2 is 2.13 bits per heavy atom. The van der Waals surface area contributed by atoms with Crippen LogP contribution >= 0.6 is 11.3 Å². The lowest BCUT2D eigenvalue weighted by Gasteiger charge is -2.11. The molecule has 2 rings (SSSR count). The molecular formula is C11H19N3S. The summed E-state index contributed by atoms with van der Waals surface area (Å²) in [6, 6.07) is 0. The third kappa shape index (κ3) is 1.82. The highest BCUT2D eigenvalue weighted by Crippen LogP contribution is 2.60. The van der Waals surface area contributed by atoms with Gasteiger partial charge >= 0.3 is 0 Å². The van der Waals surface area contributed by atoms with Crippen LogP contribution in [0.3, 0.4) is 0 Å². The predicted octanol–water partition coefficient (Wildman–Crippen LogP) is 1.79. The Hall–Kier alpha value is -0.450. The van der Waals surface area contributed by atoms with E-state index in [1.165, 1.54) is 4.88 Å². The molecule has 0 bridgehead atoms. The van der Waals surface area contributed by atoms with Crippen molar-refractivity contribution in [1.82, 2.24) is 9.88 Å². The molecule has 1 aromatic rings. The third-order valence-electron chi connectivity index (χ3n) is 3.21. The van der Waals surface area contributed by atoms with Crippen LogP contribution in [0, 0.1) is 5.41 Å². The minimum Gasteiger partial charge on any atom is -0.319 e. The van der Waals surface area contributed by atoms with Crippen LogP contribution in [0.25, 0.3) is 0 Å². The second-order valence-corrected chi connectivity index (χ2v) is 6.52. The first kappa shape index (κ1) is 11.0. The summed E-state index contributed by atoms with van der Waals surface area (Å²) in [5.74, 6) is 0. The molecule has 1 fully saturated rings. The summed E-state index contributed by atoms with van der Waals surface area (Å²) in [5.41, 5.74) is 6.38. The molecule has 0 radical (unpaired) electrons. The van der Waals surface area contributed by atoms with E-state index in [9.17, 15) is 0 Å². The Balaban J connectivity index is 2.15. The van der Waals surface area contributed by atoms with Gasteiger partial charge in [-0.05, 0) is 25.9 Å². The molecule has 1 saturated carbocycles. The Morgan fingerprint density at radius 1 is 1.53 bits per heavy atom. The number of hydrogen-bond donors (Lipinski definition) is 1. The van der Waals surface area contributed by atoms with Gasteiger partial charge in [0.2, 0.25) is 0 Å². The lowest BCUT2D eigenvalue weighted by molar-refractivity contribution is 0.406. The fourth-order valence-electron chi connectivity index (χ4n) is 1.92. The van der Waals surface area contributed by atoms with Crippen molar-refractivity contribution in [3.63, 3.8) is 0 Å². The van der Waals surface area contributed by atoms with Gasteiger partial charge in [0, 0.05) is 17.6 Å². The van der Waals surface area contributed by atoms with Gasteiger partial charge in [-0.25, -0.2) is 4.98 Å². The first-order valence-corrected chi connectivity index (χ1v) is 6.06. The molecule has 1 unspecified atom stereocenters. The van der Waals surface area contributed by atoms with Crippen molar-refractivity contribution in [3.8, 4) is 0 Å². The van der Waals surface area contributed by atoms with E-state index in [1.807, 2.05) is 6.20 Å². The summed E-state index contributed by atoms with van der Waals surface area (Å²) in [6.07, 6.45) is 3.01. The number of nitrogens with zero attached hydrogens (tertiary/aromatic N) is 2. The van der Waals surface area contributed by atoms with Crippen LogP contribution in [0.2, 0.25) is 0 Å². The van der Waals surface area contributed by atoms with Gasteiger partial charge < -0.3 is 10.6 Å². The zero-order chi connectivity index (χ0) is 11.3. The van der Waals surface area contributed by atoms with Gasteiger partial charge in [-0.15, -0.1) is 11.3 Å². The topological polar surface area (TPSA) is 42.2 Å². The molecule has 0 aromatic carbocycles. The zero-order valence-corrected chi connectivity index (χ0v) is 10.7. The number of hydrogen-bond acceptors (Lipinski definition) is 4. The Bertz CT molecular complexity index is 370. The lowest BCUT2D eigenvalue weighted by Crippen LogP contribution is -2.25. The molecule has 1 aromatic heterocycles. The molecule has 0 aliphatic heterocycles. The standard InChI is InChI=1S/C11H19N3S/c1-10(2)7-11(10,12)9-13-5-8(15-9)6-14(3)4/h5H,6-7,12H2,1-4H3. The molecule has 84 valence electrons. The minimum atomic E-state index is -0.164. The van der Waals surface area contributed by atoms with Crippen LogP contribution in [0.5, 0.6) is 0 Å². The van der Waals surface area contributed by atoms with Gasteiger partial charge in [-0.2, -0.15) is 0 Å². The normalized spacial score (nSPS) is 28.4. The Kier molecular flexibility index (Phi) is 2.41. The van der Waals surface area contributed by atoms with Crippen LogP contribution in [-0.4, -0.2) is 24.0 Å². The average Bonchev–Trinajstić information content (AvgIpc) is 2.45. The fourth-order valence-corrected chi connectivity index (χ4v) is 3.23. The van der Waals surface area contributed by atoms with Crippen LogP contribution in [0.15, 0.2) is 6.20 Å². The van der Waals surface area contributed by atoms with Gasteiger partial charge in [-0.1, -0.05) is 13.8 Å². The van der Waals surface area contributed by atoms with Gasteiger partial charge in [0.1, 0.15) is 5.01 Å². The molecule has 3 nitrogen and oxygen atoms in total. The van der Waals surface area contributed by atoms with Crippen molar-refractivity contribution in [2.75, 3.05) is 14.1 Å². The van der Waals surface area contributed by atoms with Crippen LogP contribution in [0.4, 0.5) is 0 Å². The molecule has 0 saturated heterocycles. The lowest BCUT2D eigenvalue weighted by atomic mass is 10.1. The zero-order valence-electron chi connectivity index (χ0n) is 9.87. The van der Waals surface area contributed by atoms with Crippen molar-refractivity contribution in [1.29, 1.82) is 0 Å². The quantitative estimate of drug-likeness (QED) is 0.853. The highest BCUT2D eigenvalue weighted by molar-refractivity contribution is 7.11.